The second-order valence-corrected chi connectivity index (χ2v) is 2.67. The summed E-state index contributed by atoms with van der Waals surface area (Å²) in [6, 6.07) is 1.33. The van der Waals surface area contributed by atoms with E-state index in [0.717, 1.165) is 6.20 Å². The zero-order valence-corrected chi connectivity index (χ0v) is 6.99. The molecule has 0 fully saturated rings. The highest BCUT2D eigenvalue weighted by Crippen LogP contribution is 2.17. The van der Waals surface area contributed by atoms with Gasteiger partial charge in [-0.15, -0.1) is 0 Å². The average Bonchev–Trinajstić information content (AvgIpc) is 2.52. The van der Waals surface area contributed by atoms with E-state index in [1.807, 2.05) is 0 Å². The van der Waals surface area contributed by atoms with Gasteiger partial charge < -0.3 is 4.42 Å². The number of hydrogen-bond acceptors (Lipinski definition) is 3. The minimum absolute atomic E-state index is 0.393. The van der Waals surface area contributed by atoms with E-state index < -0.39 is 5.82 Å². The van der Waals surface area contributed by atoms with Gasteiger partial charge in [0.15, 0.2) is 0 Å². The van der Waals surface area contributed by atoms with Crippen LogP contribution in [0.3, 0.4) is 0 Å². The largest absolute Gasteiger partial charge is 0.441 e. The molecule has 0 aliphatic carbocycles. The Hall–Kier alpha value is -1.71. The maximum atomic E-state index is 12.7. The molecule has 0 saturated carbocycles. The van der Waals surface area contributed by atoms with E-state index >= 15 is 0 Å². The third kappa shape index (κ3) is 1.56. The summed E-state index contributed by atoms with van der Waals surface area (Å²) in [5, 5.41) is 0. The van der Waals surface area contributed by atoms with Crippen LogP contribution in [0.1, 0.15) is 5.76 Å². The van der Waals surface area contributed by atoms with Crippen molar-refractivity contribution in [2.75, 3.05) is 0 Å². The molecule has 0 radical (unpaired) electrons. The SMILES string of the molecule is Cc1cnc(-c2cncc(F)c2)o1. The Balaban J connectivity index is 2.46. The summed E-state index contributed by atoms with van der Waals surface area (Å²) in [4.78, 5) is 7.65. The number of hydrogen-bond donors (Lipinski definition) is 0. The molecule has 0 spiro atoms. The van der Waals surface area contributed by atoms with Crippen molar-refractivity contribution in [3.8, 4) is 11.5 Å². The maximum absolute atomic E-state index is 12.7. The maximum Gasteiger partial charge on any atom is 0.227 e. The zero-order chi connectivity index (χ0) is 9.26. The van der Waals surface area contributed by atoms with E-state index in [1.165, 1.54) is 12.3 Å². The van der Waals surface area contributed by atoms with Crippen LogP contribution in [0.2, 0.25) is 0 Å². The lowest BCUT2D eigenvalue weighted by molar-refractivity contribution is 0.540. The molecule has 0 atom stereocenters. The van der Waals surface area contributed by atoms with E-state index in [4.69, 9.17) is 4.42 Å². The number of aromatic nitrogens is 2. The van der Waals surface area contributed by atoms with E-state index in [1.54, 1.807) is 13.1 Å². The second kappa shape index (κ2) is 2.97. The molecule has 0 amide bonds. The predicted octanol–water partition coefficient (Wildman–Crippen LogP) is 2.18. The van der Waals surface area contributed by atoms with Gasteiger partial charge in [0.25, 0.3) is 0 Å². The average molecular weight is 178 g/mol. The van der Waals surface area contributed by atoms with Crippen LogP contribution in [-0.2, 0) is 0 Å². The van der Waals surface area contributed by atoms with Crippen molar-refractivity contribution in [2.45, 2.75) is 6.92 Å². The lowest BCUT2D eigenvalue weighted by atomic mass is 10.3. The quantitative estimate of drug-likeness (QED) is 0.671. The molecule has 66 valence electrons. The van der Waals surface area contributed by atoms with E-state index in [2.05, 4.69) is 9.97 Å². The summed E-state index contributed by atoms with van der Waals surface area (Å²) in [7, 11) is 0. The molecule has 3 nitrogen and oxygen atoms in total. The molecule has 0 aliphatic rings. The minimum atomic E-state index is -0.395. The lowest BCUT2D eigenvalue weighted by Gasteiger charge is -1.93. The molecule has 0 aromatic carbocycles. The van der Waals surface area contributed by atoms with Gasteiger partial charge in [0.2, 0.25) is 5.89 Å². The molecule has 0 unspecified atom stereocenters. The Morgan fingerprint density at radius 3 is 2.77 bits per heavy atom. The first-order valence-electron chi connectivity index (χ1n) is 3.79. The molecular formula is C9H7FN2O. The van der Waals surface area contributed by atoms with Crippen molar-refractivity contribution in [1.29, 1.82) is 0 Å². The highest BCUT2D eigenvalue weighted by atomic mass is 19.1. The third-order valence-corrected chi connectivity index (χ3v) is 1.57. The monoisotopic (exact) mass is 178 g/mol. The summed E-state index contributed by atoms with van der Waals surface area (Å²) in [5.74, 6) is 0.692. The van der Waals surface area contributed by atoms with Crippen LogP contribution in [0, 0.1) is 12.7 Å². The molecule has 2 aromatic rings. The normalized spacial score (nSPS) is 10.3. The van der Waals surface area contributed by atoms with Gasteiger partial charge in [0, 0.05) is 6.20 Å². The number of nitrogens with zero attached hydrogens (tertiary/aromatic N) is 2. The van der Waals surface area contributed by atoms with Gasteiger partial charge in [0.1, 0.15) is 11.6 Å². The number of halogens is 1. The standard InChI is InChI=1S/C9H7FN2O/c1-6-3-12-9(13-6)7-2-8(10)5-11-4-7/h2-5H,1H3. The Bertz CT molecular complexity index is 425. The van der Waals surface area contributed by atoms with Gasteiger partial charge in [-0.3, -0.25) is 4.98 Å². The van der Waals surface area contributed by atoms with Gasteiger partial charge in [-0.25, -0.2) is 9.37 Å². The highest BCUT2D eigenvalue weighted by Gasteiger charge is 2.04. The van der Waals surface area contributed by atoms with Crippen molar-refractivity contribution >= 4 is 0 Å². The van der Waals surface area contributed by atoms with E-state index in [0.29, 0.717) is 17.2 Å². The van der Waals surface area contributed by atoms with Gasteiger partial charge >= 0.3 is 0 Å². The first-order chi connectivity index (χ1) is 6.25. The molecule has 2 rings (SSSR count). The molecule has 13 heavy (non-hydrogen) atoms. The van der Waals surface area contributed by atoms with Crippen molar-refractivity contribution in [3.05, 3.63) is 36.2 Å². The summed E-state index contributed by atoms with van der Waals surface area (Å²) >= 11 is 0. The molecular weight excluding hydrogens is 171 g/mol. The molecule has 0 bridgehead atoms. The van der Waals surface area contributed by atoms with Crippen LogP contribution in [0.5, 0.6) is 0 Å². The molecule has 2 heterocycles. The van der Waals surface area contributed by atoms with Gasteiger partial charge in [0.05, 0.1) is 18.0 Å². The lowest BCUT2D eigenvalue weighted by Crippen LogP contribution is -1.82. The molecule has 0 aliphatic heterocycles. The van der Waals surface area contributed by atoms with Gasteiger partial charge in [-0.1, -0.05) is 0 Å². The molecule has 4 heteroatoms. The smallest absolute Gasteiger partial charge is 0.227 e. The Morgan fingerprint density at radius 2 is 2.15 bits per heavy atom. The summed E-state index contributed by atoms with van der Waals surface area (Å²) in [6.07, 6.45) is 4.23. The van der Waals surface area contributed by atoms with Crippen LogP contribution < -0.4 is 0 Å². The van der Waals surface area contributed by atoms with E-state index in [-0.39, 0.29) is 0 Å². The molecule has 2 aromatic heterocycles. The Labute approximate surface area is 74.3 Å². The van der Waals surface area contributed by atoms with Crippen molar-refractivity contribution < 1.29 is 8.81 Å². The first kappa shape index (κ1) is 7.91. The van der Waals surface area contributed by atoms with E-state index in [9.17, 15) is 4.39 Å². The van der Waals surface area contributed by atoms with Crippen LogP contribution in [0.25, 0.3) is 11.5 Å². The first-order valence-corrected chi connectivity index (χ1v) is 3.79. The fourth-order valence-electron chi connectivity index (χ4n) is 1.02. The number of pyridine rings is 1. The second-order valence-electron chi connectivity index (χ2n) is 2.67. The van der Waals surface area contributed by atoms with Crippen LogP contribution >= 0.6 is 0 Å². The van der Waals surface area contributed by atoms with Crippen molar-refractivity contribution in [1.82, 2.24) is 9.97 Å². The molecule has 0 saturated heterocycles. The topological polar surface area (TPSA) is 38.9 Å². The molecule has 0 N–H and O–H groups in total. The highest BCUT2D eigenvalue weighted by molar-refractivity contribution is 5.50. The van der Waals surface area contributed by atoms with Crippen LogP contribution in [0.15, 0.2) is 29.1 Å². The van der Waals surface area contributed by atoms with Crippen molar-refractivity contribution in [2.24, 2.45) is 0 Å². The van der Waals surface area contributed by atoms with Gasteiger partial charge in [-0.2, -0.15) is 0 Å². The third-order valence-electron chi connectivity index (χ3n) is 1.57. The number of oxazole rings is 1. The number of aryl methyl sites for hydroxylation is 1. The van der Waals surface area contributed by atoms with Gasteiger partial charge in [-0.05, 0) is 13.0 Å². The summed E-state index contributed by atoms with van der Waals surface area (Å²) < 4.78 is 17.9. The van der Waals surface area contributed by atoms with Crippen LogP contribution in [-0.4, -0.2) is 9.97 Å². The number of rotatable bonds is 1. The fourth-order valence-corrected chi connectivity index (χ4v) is 1.02. The fraction of sp³-hybridized carbons (Fsp3) is 0.111. The predicted molar refractivity (Wildman–Crippen MR) is 44.4 cm³/mol. The van der Waals surface area contributed by atoms with Crippen molar-refractivity contribution in [3.63, 3.8) is 0 Å². The Kier molecular flexibility index (Phi) is 1.81. The minimum Gasteiger partial charge on any atom is -0.441 e. The van der Waals surface area contributed by atoms with Crippen LogP contribution in [0.4, 0.5) is 4.39 Å². The summed E-state index contributed by atoms with van der Waals surface area (Å²) in [5.41, 5.74) is 0.549. The summed E-state index contributed by atoms with van der Waals surface area (Å²) in [6.45, 7) is 1.78. The zero-order valence-electron chi connectivity index (χ0n) is 6.99. The Morgan fingerprint density at radius 1 is 1.31 bits per heavy atom.